The minimum atomic E-state index is -0.635. The van der Waals surface area contributed by atoms with Crippen LogP contribution in [0.4, 0.5) is 5.69 Å². The Hall–Kier alpha value is -3.72. The minimum Gasteiger partial charge on any atom is -0.454 e. The molecule has 0 unspecified atom stereocenters. The zero-order valence-corrected chi connectivity index (χ0v) is 14.6. The molecule has 3 rings (SSSR count). The number of nitrogens with zero attached hydrogens (tertiary/aromatic N) is 2. The highest BCUT2D eigenvalue weighted by Gasteiger charge is 2.24. The van der Waals surface area contributed by atoms with Gasteiger partial charge in [-0.05, 0) is 47.5 Å². The average Bonchev–Trinajstić information content (AvgIpc) is 2.98. The molecule has 0 bridgehead atoms. The predicted octanol–water partition coefficient (Wildman–Crippen LogP) is 2.52. The van der Waals surface area contributed by atoms with Crippen molar-refractivity contribution in [2.45, 2.75) is 6.42 Å². The molecule has 1 heterocycles. The lowest BCUT2D eigenvalue weighted by Gasteiger charge is -2.10. The number of anilines is 1. The van der Waals surface area contributed by atoms with Crippen LogP contribution >= 0.6 is 0 Å². The second-order valence-electron chi connectivity index (χ2n) is 6.07. The van der Waals surface area contributed by atoms with Crippen LogP contribution in [0.3, 0.4) is 0 Å². The molecule has 1 amide bonds. The summed E-state index contributed by atoms with van der Waals surface area (Å²) >= 11 is 0. The van der Waals surface area contributed by atoms with Crippen molar-refractivity contribution in [1.82, 2.24) is 0 Å². The number of likely N-dealkylation sites (N-methyl/N-ethyl adjacent to an activating group) is 1. The molecule has 0 aromatic heterocycles. The maximum atomic E-state index is 12.2. The van der Waals surface area contributed by atoms with Crippen molar-refractivity contribution in [3.8, 4) is 6.07 Å². The van der Waals surface area contributed by atoms with Crippen molar-refractivity contribution in [1.29, 1.82) is 5.26 Å². The van der Waals surface area contributed by atoms with Crippen LogP contribution < -0.4 is 4.90 Å². The highest BCUT2D eigenvalue weighted by molar-refractivity contribution is 6.04. The van der Waals surface area contributed by atoms with E-state index in [4.69, 9.17) is 10.00 Å². The number of benzene rings is 2. The number of ketones is 1. The van der Waals surface area contributed by atoms with Gasteiger partial charge in [0.15, 0.2) is 12.4 Å². The summed E-state index contributed by atoms with van der Waals surface area (Å²) in [5.74, 6) is -0.988. The number of rotatable bonds is 5. The van der Waals surface area contributed by atoms with Crippen LogP contribution in [-0.2, 0) is 20.7 Å². The van der Waals surface area contributed by atoms with E-state index >= 15 is 0 Å². The van der Waals surface area contributed by atoms with Gasteiger partial charge in [-0.1, -0.05) is 12.1 Å². The third-order valence-electron chi connectivity index (χ3n) is 4.28. The van der Waals surface area contributed by atoms with Crippen molar-refractivity contribution in [3.05, 3.63) is 70.8 Å². The molecule has 0 spiro atoms. The molecule has 27 heavy (non-hydrogen) atoms. The quantitative estimate of drug-likeness (QED) is 0.464. The molecule has 1 aliphatic heterocycles. The first-order chi connectivity index (χ1) is 13.0. The molecule has 0 saturated carbocycles. The number of ether oxygens (including phenoxy) is 1. The number of esters is 1. The van der Waals surface area contributed by atoms with Crippen LogP contribution in [-0.4, -0.2) is 31.3 Å². The lowest BCUT2D eigenvalue weighted by Crippen LogP contribution is -2.20. The topological polar surface area (TPSA) is 87.5 Å². The molecule has 134 valence electrons. The standard InChI is InChI=1S/C21H16N2O4/c1-23-18-8-7-16(10-17(18)11-20(23)25)19(24)13-27-21(26)9-6-14-2-4-15(12-22)5-3-14/h2-10H,11,13H2,1H3/b9-6+. The van der Waals surface area contributed by atoms with Crippen molar-refractivity contribution < 1.29 is 19.1 Å². The van der Waals surface area contributed by atoms with Gasteiger partial charge >= 0.3 is 5.97 Å². The molecular formula is C21H16N2O4. The molecule has 6 heteroatoms. The van der Waals surface area contributed by atoms with Gasteiger partial charge in [0.2, 0.25) is 5.91 Å². The van der Waals surface area contributed by atoms with E-state index in [-0.39, 0.29) is 24.7 Å². The van der Waals surface area contributed by atoms with Crippen molar-refractivity contribution in [2.24, 2.45) is 0 Å². The summed E-state index contributed by atoms with van der Waals surface area (Å²) in [6.07, 6.45) is 3.04. The smallest absolute Gasteiger partial charge is 0.331 e. The SMILES string of the molecule is CN1C(=O)Cc2cc(C(=O)COC(=O)/C=C/c3ccc(C#N)cc3)ccc21. The molecule has 0 radical (unpaired) electrons. The fraction of sp³-hybridized carbons (Fsp3) is 0.143. The average molecular weight is 360 g/mol. The summed E-state index contributed by atoms with van der Waals surface area (Å²) < 4.78 is 4.98. The molecule has 0 aliphatic carbocycles. The third-order valence-corrected chi connectivity index (χ3v) is 4.28. The van der Waals surface area contributed by atoms with E-state index in [9.17, 15) is 14.4 Å². The number of carbonyl (C=O) groups excluding carboxylic acids is 3. The molecule has 1 aliphatic rings. The van der Waals surface area contributed by atoms with Crippen molar-refractivity contribution in [2.75, 3.05) is 18.6 Å². The number of nitriles is 1. The van der Waals surface area contributed by atoms with Gasteiger partial charge < -0.3 is 9.64 Å². The van der Waals surface area contributed by atoms with Gasteiger partial charge in [0.1, 0.15) is 0 Å². The van der Waals surface area contributed by atoms with E-state index in [2.05, 4.69) is 0 Å². The zero-order valence-electron chi connectivity index (χ0n) is 14.6. The van der Waals surface area contributed by atoms with E-state index < -0.39 is 5.97 Å². The van der Waals surface area contributed by atoms with Gasteiger partial charge in [0.25, 0.3) is 0 Å². The number of hydrogen-bond acceptors (Lipinski definition) is 5. The Balaban J connectivity index is 1.56. The Labute approximate surface area is 156 Å². The molecule has 0 saturated heterocycles. The Morgan fingerprint density at radius 1 is 1.22 bits per heavy atom. The Morgan fingerprint density at radius 3 is 2.67 bits per heavy atom. The van der Waals surface area contributed by atoms with E-state index in [0.29, 0.717) is 11.1 Å². The maximum absolute atomic E-state index is 12.2. The van der Waals surface area contributed by atoms with E-state index in [1.54, 1.807) is 60.5 Å². The summed E-state index contributed by atoms with van der Waals surface area (Å²) in [5, 5.41) is 8.75. The first-order valence-electron chi connectivity index (χ1n) is 8.25. The van der Waals surface area contributed by atoms with Gasteiger partial charge in [-0.25, -0.2) is 4.79 Å². The number of amides is 1. The molecule has 2 aromatic carbocycles. The molecule has 0 N–H and O–H groups in total. The molecule has 2 aromatic rings. The first-order valence-corrected chi connectivity index (χ1v) is 8.25. The van der Waals surface area contributed by atoms with Gasteiger partial charge in [0.05, 0.1) is 18.1 Å². The van der Waals surface area contributed by atoms with Crippen LogP contribution in [0.1, 0.15) is 27.0 Å². The second-order valence-corrected chi connectivity index (χ2v) is 6.07. The van der Waals surface area contributed by atoms with E-state index in [1.807, 2.05) is 6.07 Å². The molecule has 6 nitrogen and oxygen atoms in total. The largest absolute Gasteiger partial charge is 0.454 e. The fourth-order valence-electron chi connectivity index (χ4n) is 2.74. The van der Waals surface area contributed by atoms with Crippen molar-refractivity contribution in [3.63, 3.8) is 0 Å². The van der Waals surface area contributed by atoms with E-state index in [1.165, 1.54) is 6.08 Å². The predicted molar refractivity (Wildman–Crippen MR) is 99.0 cm³/mol. The van der Waals surface area contributed by atoms with Gasteiger partial charge in [0, 0.05) is 24.4 Å². The summed E-state index contributed by atoms with van der Waals surface area (Å²) in [5.41, 5.74) is 3.26. The highest BCUT2D eigenvalue weighted by atomic mass is 16.5. The number of hydrogen-bond donors (Lipinski definition) is 0. The Morgan fingerprint density at radius 2 is 1.96 bits per heavy atom. The van der Waals surface area contributed by atoms with Crippen molar-refractivity contribution >= 4 is 29.4 Å². The van der Waals surface area contributed by atoms with Crippen LogP contribution in [0, 0.1) is 11.3 Å². The Kier molecular flexibility index (Phi) is 5.13. The van der Waals surface area contributed by atoms with Gasteiger partial charge in [-0.15, -0.1) is 0 Å². The number of Topliss-reactive ketones (excluding diaryl/α,β-unsaturated/α-hetero) is 1. The van der Waals surface area contributed by atoms with Crippen LogP contribution in [0.15, 0.2) is 48.5 Å². The summed E-state index contributed by atoms with van der Waals surface area (Å²) in [7, 11) is 1.69. The molecular weight excluding hydrogens is 344 g/mol. The lowest BCUT2D eigenvalue weighted by atomic mass is 10.1. The highest BCUT2D eigenvalue weighted by Crippen LogP contribution is 2.28. The van der Waals surface area contributed by atoms with Gasteiger partial charge in [-0.2, -0.15) is 5.26 Å². The normalized spacial score (nSPS) is 12.7. The first kappa shape index (κ1) is 18.1. The summed E-state index contributed by atoms with van der Waals surface area (Å²) in [6, 6.07) is 13.7. The minimum absolute atomic E-state index is 0.0195. The molecule has 0 atom stereocenters. The lowest BCUT2D eigenvalue weighted by molar-refractivity contribution is -0.136. The van der Waals surface area contributed by atoms with Crippen LogP contribution in [0.25, 0.3) is 6.08 Å². The van der Waals surface area contributed by atoms with E-state index in [0.717, 1.165) is 16.8 Å². The second kappa shape index (κ2) is 7.67. The van der Waals surface area contributed by atoms with Crippen LogP contribution in [0.2, 0.25) is 0 Å². The molecule has 0 fully saturated rings. The zero-order chi connectivity index (χ0) is 19.4. The number of carbonyl (C=O) groups is 3. The monoisotopic (exact) mass is 360 g/mol. The Bertz CT molecular complexity index is 984. The summed E-state index contributed by atoms with van der Waals surface area (Å²) in [4.78, 5) is 37.3. The van der Waals surface area contributed by atoms with Crippen LogP contribution in [0.5, 0.6) is 0 Å². The third kappa shape index (κ3) is 4.10. The maximum Gasteiger partial charge on any atom is 0.331 e. The van der Waals surface area contributed by atoms with Gasteiger partial charge in [-0.3, -0.25) is 9.59 Å². The number of fused-ring (bicyclic) bond motifs is 1. The summed E-state index contributed by atoms with van der Waals surface area (Å²) in [6.45, 7) is -0.376. The fourth-order valence-corrected chi connectivity index (χ4v) is 2.74.